The lowest BCUT2D eigenvalue weighted by Crippen LogP contribution is -2.53. The molecule has 0 radical (unpaired) electrons. The minimum Gasteiger partial charge on any atom is -0.355 e. The highest BCUT2D eigenvalue weighted by molar-refractivity contribution is 7.98. The Morgan fingerprint density at radius 2 is 2.29 bits per heavy atom. The third-order valence-corrected chi connectivity index (χ3v) is 6.54. The van der Waals surface area contributed by atoms with E-state index >= 15 is 0 Å². The summed E-state index contributed by atoms with van der Waals surface area (Å²) in [6, 6.07) is 4.41. The van der Waals surface area contributed by atoms with Gasteiger partial charge < -0.3 is 10.2 Å². The van der Waals surface area contributed by atoms with E-state index in [0.717, 1.165) is 62.6 Å². The molecule has 1 aromatic heterocycles. The topological polar surface area (TPSA) is 69.0 Å². The summed E-state index contributed by atoms with van der Waals surface area (Å²) in [5, 5.41) is 12.6. The fourth-order valence-corrected chi connectivity index (χ4v) is 5.13. The minimum absolute atomic E-state index is 0.145. The molecule has 126 valence electrons. The fourth-order valence-electron chi connectivity index (χ4n) is 4.18. The number of nitriles is 1. The molecule has 1 spiro atoms. The number of amides is 1. The van der Waals surface area contributed by atoms with Gasteiger partial charge in [-0.2, -0.15) is 17.0 Å². The molecule has 3 aliphatic heterocycles. The minimum atomic E-state index is 0.145. The molecule has 24 heavy (non-hydrogen) atoms. The van der Waals surface area contributed by atoms with Crippen molar-refractivity contribution < 1.29 is 4.79 Å². The monoisotopic (exact) mass is 342 g/mol. The summed E-state index contributed by atoms with van der Waals surface area (Å²) in [4.78, 5) is 18.7. The lowest BCUT2D eigenvalue weighted by molar-refractivity contribution is -0.124. The molecule has 1 atom stereocenters. The molecule has 4 rings (SSSR count). The third-order valence-electron chi connectivity index (χ3n) is 5.54. The Morgan fingerprint density at radius 1 is 1.38 bits per heavy atom. The number of pyridine rings is 1. The van der Waals surface area contributed by atoms with Crippen LogP contribution in [0.25, 0.3) is 0 Å². The van der Waals surface area contributed by atoms with Gasteiger partial charge in [0.05, 0.1) is 5.56 Å². The largest absolute Gasteiger partial charge is 0.355 e. The van der Waals surface area contributed by atoms with Crippen LogP contribution in [0.1, 0.15) is 42.5 Å². The second kappa shape index (κ2) is 6.29. The number of carbonyl (C=O) groups is 1. The number of hydrogen-bond acceptors (Lipinski definition) is 5. The van der Waals surface area contributed by atoms with E-state index in [1.165, 1.54) is 11.3 Å². The highest BCUT2D eigenvalue weighted by atomic mass is 32.2. The average Bonchev–Trinajstić information content (AvgIpc) is 2.63. The number of thioether (sulfide) groups is 1. The van der Waals surface area contributed by atoms with Gasteiger partial charge in [-0.1, -0.05) is 0 Å². The zero-order valence-electron chi connectivity index (χ0n) is 13.8. The van der Waals surface area contributed by atoms with E-state index < -0.39 is 0 Å². The zero-order valence-corrected chi connectivity index (χ0v) is 14.6. The van der Waals surface area contributed by atoms with Gasteiger partial charge in [0.15, 0.2) is 0 Å². The number of carbonyl (C=O) groups excluding carboxylic acids is 1. The normalized spacial score (nSPS) is 26.6. The van der Waals surface area contributed by atoms with E-state index in [1.54, 1.807) is 0 Å². The maximum absolute atomic E-state index is 11.5. The summed E-state index contributed by atoms with van der Waals surface area (Å²) in [6.45, 7) is 2.60. The van der Waals surface area contributed by atoms with Crippen molar-refractivity contribution in [1.82, 2.24) is 10.3 Å². The van der Waals surface area contributed by atoms with E-state index in [4.69, 9.17) is 4.98 Å². The van der Waals surface area contributed by atoms with Crippen LogP contribution < -0.4 is 10.2 Å². The molecule has 2 fully saturated rings. The van der Waals surface area contributed by atoms with Gasteiger partial charge in [0.2, 0.25) is 5.91 Å². The number of aromatic nitrogens is 1. The second-order valence-electron chi connectivity index (χ2n) is 7.18. The molecule has 0 saturated carbocycles. The molecule has 4 heterocycles. The molecule has 0 aromatic carbocycles. The van der Waals surface area contributed by atoms with Crippen LogP contribution in [-0.4, -0.2) is 36.3 Å². The first-order chi connectivity index (χ1) is 11.7. The Kier molecular flexibility index (Phi) is 4.13. The predicted octanol–water partition coefficient (Wildman–Crippen LogP) is 2.24. The van der Waals surface area contributed by atoms with E-state index in [9.17, 15) is 10.1 Å². The molecule has 1 N–H and O–H groups in total. The molecule has 5 nitrogen and oxygen atoms in total. The van der Waals surface area contributed by atoms with Crippen molar-refractivity contribution >= 4 is 23.5 Å². The van der Waals surface area contributed by atoms with Crippen molar-refractivity contribution in [3.8, 4) is 6.07 Å². The molecule has 0 bridgehead atoms. The molecule has 0 aliphatic carbocycles. The number of hydrogen-bond donors (Lipinski definition) is 1. The Morgan fingerprint density at radius 3 is 3.08 bits per heavy atom. The quantitative estimate of drug-likeness (QED) is 0.848. The summed E-state index contributed by atoms with van der Waals surface area (Å²) >= 11 is 1.91. The molecule has 1 unspecified atom stereocenters. The Labute approximate surface area is 146 Å². The van der Waals surface area contributed by atoms with Crippen LogP contribution in [0, 0.1) is 16.7 Å². The van der Waals surface area contributed by atoms with E-state index in [2.05, 4.69) is 16.3 Å². The highest BCUT2D eigenvalue weighted by Gasteiger charge is 2.39. The Balaban J connectivity index is 1.63. The summed E-state index contributed by atoms with van der Waals surface area (Å²) in [5.74, 6) is 3.10. The number of fused-ring (bicyclic) bond motifs is 1. The maximum atomic E-state index is 11.5. The average molecular weight is 342 g/mol. The number of nitrogens with zero attached hydrogens (tertiary/aromatic N) is 3. The van der Waals surface area contributed by atoms with Crippen LogP contribution in [0.5, 0.6) is 0 Å². The van der Waals surface area contributed by atoms with Crippen LogP contribution in [0.4, 0.5) is 5.82 Å². The van der Waals surface area contributed by atoms with Crippen LogP contribution in [-0.2, 0) is 17.0 Å². The first-order valence-electron chi connectivity index (χ1n) is 8.71. The van der Waals surface area contributed by atoms with Gasteiger partial charge in [-0.25, -0.2) is 4.98 Å². The smallest absolute Gasteiger partial charge is 0.220 e. The number of anilines is 1. The molecule has 1 amide bonds. The van der Waals surface area contributed by atoms with Crippen molar-refractivity contribution in [3.63, 3.8) is 0 Å². The summed E-state index contributed by atoms with van der Waals surface area (Å²) < 4.78 is 0. The number of rotatable bonds is 1. The van der Waals surface area contributed by atoms with Crippen molar-refractivity contribution in [2.75, 3.05) is 30.3 Å². The maximum Gasteiger partial charge on any atom is 0.220 e. The first kappa shape index (κ1) is 15.8. The molecule has 3 aliphatic rings. The number of aryl methyl sites for hydroxylation is 1. The van der Waals surface area contributed by atoms with Crippen LogP contribution in [0.2, 0.25) is 0 Å². The van der Waals surface area contributed by atoms with Crippen molar-refractivity contribution in [2.45, 2.75) is 37.9 Å². The van der Waals surface area contributed by atoms with E-state index in [-0.39, 0.29) is 11.3 Å². The van der Waals surface area contributed by atoms with Gasteiger partial charge in [0.1, 0.15) is 11.9 Å². The second-order valence-corrected chi connectivity index (χ2v) is 8.29. The Bertz CT molecular complexity index is 702. The molecular formula is C18H22N4OS. The van der Waals surface area contributed by atoms with Gasteiger partial charge in [0, 0.05) is 42.9 Å². The summed E-state index contributed by atoms with van der Waals surface area (Å²) in [5.41, 5.74) is 3.24. The van der Waals surface area contributed by atoms with Gasteiger partial charge >= 0.3 is 0 Å². The molecule has 2 saturated heterocycles. The molecule has 1 aromatic rings. The SMILES string of the molecule is N#Cc1cc2c(nc1N1CCCC3(CCC(=O)NC3)C1)CCSC2. The number of piperidine rings is 2. The first-order valence-corrected chi connectivity index (χ1v) is 9.87. The summed E-state index contributed by atoms with van der Waals surface area (Å²) in [6.07, 6.45) is 4.79. The fraction of sp³-hybridized carbons (Fsp3) is 0.611. The standard InChI is InChI=1S/C18H22N4OS/c19-9-13-8-14-10-24-7-3-15(14)21-17(13)22-6-1-4-18(12-22)5-2-16(23)20-11-18/h8H,1-7,10-12H2,(H,20,23). The zero-order chi connectivity index (χ0) is 16.6. The number of nitrogens with one attached hydrogen (secondary N) is 1. The predicted molar refractivity (Wildman–Crippen MR) is 94.9 cm³/mol. The molecular weight excluding hydrogens is 320 g/mol. The van der Waals surface area contributed by atoms with Gasteiger partial charge in [-0.15, -0.1) is 0 Å². The van der Waals surface area contributed by atoms with Crippen LogP contribution in [0.3, 0.4) is 0 Å². The van der Waals surface area contributed by atoms with Crippen molar-refractivity contribution in [1.29, 1.82) is 5.26 Å². The summed E-state index contributed by atoms with van der Waals surface area (Å²) in [7, 11) is 0. The van der Waals surface area contributed by atoms with Gasteiger partial charge in [-0.05, 0) is 43.1 Å². The van der Waals surface area contributed by atoms with Crippen molar-refractivity contribution in [3.05, 3.63) is 22.9 Å². The Hall–Kier alpha value is -1.74. The van der Waals surface area contributed by atoms with Crippen LogP contribution >= 0.6 is 11.8 Å². The van der Waals surface area contributed by atoms with Gasteiger partial charge in [0.25, 0.3) is 0 Å². The van der Waals surface area contributed by atoms with Crippen molar-refractivity contribution in [2.24, 2.45) is 5.41 Å². The highest BCUT2D eigenvalue weighted by Crippen LogP contribution is 2.38. The van der Waals surface area contributed by atoms with Gasteiger partial charge in [-0.3, -0.25) is 4.79 Å². The van der Waals surface area contributed by atoms with E-state index in [1.807, 2.05) is 17.8 Å². The molecule has 6 heteroatoms. The van der Waals surface area contributed by atoms with E-state index in [0.29, 0.717) is 12.0 Å². The lowest BCUT2D eigenvalue weighted by atomic mass is 9.74. The lowest BCUT2D eigenvalue weighted by Gasteiger charge is -2.45. The van der Waals surface area contributed by atoms with Crippen LogP contribution in [0.15, 0.2) is 6.07 Å². The third kappa shape index (κ3) is 2.86.